The zero-order valence-electron chi connectivity index (χ0n) is 14.2. The van der Waals surface area contributed by atoms with Crippen molar-refractivity contribution < 1.29 is 22.7 Å². The van der Waals surface area contributed by atoms with Crippen LogP contribution in [-0.4, -0.2) is 34.1 Å². The van der Waals surface area contributed by atoms with Crippen molar-refractivity contribution in [3.63, 3.8) is 0 Å². The fourth-order valence-electron chi connectivity index (χ4n) is 2.41. The lowest BCUT2D eigenvalue weighted by Gasteiger charge is -2.20. The van der Waals surface area contributed by atoms with Gasteiger partial charge in [0.2, 0.25) is 10.0 Å². The minimum Gasteiger partial charge on any atom is -0.486 e. The van der Waals surface area contributed by atoms with Gasteiger partial charge in [0.05, 0.1) is 10.6 Å². The molecule has 1 aliphatic heterocycles. The summed E-state index contributed by atoms with van der Waals surface area (Å²) in [5.41, 5.74) is 0.695. The third kappa shape index (κ3) is 4.49. The Bertz CT molecular complexity index is 991. The van der Waals surface area contributed by atoms with Gasteiger partial charge in [0, 0.05) is 28.7 Å². The number of benzene rings is 2. The van der Waals surface area contributed by atoms with E-state index in [0.29, 0.717) is 34.9 Å². The molecule has 1 aliphatic rings. The van der Waals surface area contributed by atoms with Gasteiger partial charge in [-0.15, -0.1) is 6.58 Å². The van der Waals surface area contributed by atoms with E-state index in [9.17, 15) is 13.2 Å². The molecule has 0 bridgehead atoms. The van der Waals surface area contributed by atoms with Crippen LogP contribution >= 0.6 is 15.9 Å². The van der Waals surface area contributed by atoms with Crippen molar-refractivity contribution in [1.82, 2.24) is 4.72 Å². The first kappa shape index (κ1) is 19.4. The van der Waals surface area contributed by atoms with Gasteiger partial charge in [-0.05, 0) is 34.1 Å². The Balaban J connectivity index is 1.83. The van der Waals surface area contributed by atoms with Gasteiger partial charge in [0.15, 0.2) is 11.5 Å². The summed E-state index contributed by atoms with van der Waals surface area (Å²) in [5, 5.41) is 2.75. The maximum atomic E-state index is 12.6. The zero-order chi connectivity index (χ0) is 19.4. The Labute approximate surface area is 165 Å². The van der Waals surface area contributed by atoms with Crippen molar-refractivity contribution in [3.8, 4) is 11.5 Å². The van der Waals surface area contributed by atoms with Gasteiger partial charge in [-0.2, -0.15) is 0 Å². The van der Waals surface area contributed by atoms with E-state index in [1.165, 1.54) is 30.3 Å². The van der Waals surface area contributed by atoms with E-state index in [4.69, 9.17) is 9.47 Å². The Morgan fingerprint density at radius 2 is 1.89 bits per heavy atom. The first-order chi connectivity index (χ1) is 12.9. The molecule has 9 heteroatoms. The van der Waals surface area contributed by atoms with Gasteiger partial charge in [-0.25, -0.2) is 13.1 Å². The molecule has 0 radical (unpaired) electrons. The number of sulfonamides is 1. The molecule has 0 fully saturated rings. The predicted molar refractivity (Wildman–Crippen MR) is 105 cm³/mol. The van der Waals surface area contributed by atoms with Gasteiger partial charge < -0.3 is 14.8 Å². The molecular weight excluding hydrogens is 436 g/mol. The van der Waals surface area contributed by atoms with Crippen molar-refractivity contribution in [2.45, 2.75) is 4.90 Å². The van der Waals surface area contributed by atoms with E-state index in [0.717, 1.165) is 0 Å². The number of rotatable bonds is 6. The molecule has 0 aromatic heterocycles. The largest absolute Gasteiger partial charge is 0.486 e. The van der Waals surface area contributed by atoms with E-state index >= 15 is 0 Å². The molecule has 142 valence electrons. The number of fused-ring (bicyclic) bond motifs is 1. The monoisotopic (exact) mass is 452 g/mol. The fourth-order valence-corrected chi connectivity index (χ4v) is 3.88. The Kier molecular flexibility index (Phi) is 5.83. The molecule has 1 amide bonds. The second-order valence-corrected chi connectivity index (χ2v) is 8.22. The van der Waals surface area contributed by atoms with Crippen LogP contribution in [0.2, 0.25) is 0 Å². The molecule has 2 aromatic carbocycles. The summed E-state index contributed by atoms with van der Waals surface area (Å²) in [6.07, 6.45) is 1.44. The first-order valence-electron chi connectivity index (χ1n) is 8.02. The predicted octanol–water partition coefficient (Wildman–Crippen LogP) is 2.94. The van der Waals surface area contributed by atoms with Crippen LogP contribution in [0.3, 0.4) is 0 Å². The van der Waals surface area contributed by atoms with Crippen molar-refractivity contribution in [1.29, 1.82) is 0 Å². The molecule has 3 rings (SSSR count). The van der Waals surface area contributed by atoms with E-state index in [1.807, 2.05) is 0 Å². The molecule has 1 heterocycles. The number of carbonyl (C=O) groups is 1. The van der Waals surface area contributed by atoms with Crippen molar-refractivity contribution in [2.24, 2.45) is 0 Å². The number of carbonyl (C=O) groups excluding carboxylic acids is 1. The number of hydrogen-bond acceptors (Lipinski definition) is 5. The normalized spacial score (nSPS) is 13.1. The molecule has 0 aliphatic carbocycles. The van der Waals surface area contributed by atoms with Gasteiger partial charge in [-0.3, -0.25) is 4.79 Å². The fraction of sp³-hybridized carbons (Fsp3) is 0.167. The highest BCUT2D eigenvalue weighted by Crippen LogP contribution is 2.38. The second kappa shape index (κ2) is 8.12. The average molecular weight is 453 g/mol. The lowest BCUT2D eigenvalue weighted by atomic mass is 10.2. The van der Waals surface area contributed by atoms with E-state index in [1.54, 1.807) is 12.1 Å². The highest BCUT2D eigenvalue weighted by molar-refractivity contribution is 9.10. The highest BCUT2D eigenvalue weighted by Gasteiger charge is 2.18. The topological polar surface area (TPSA) is 93.7 Å². The summed E-state index contributed by atoms with van der Waals surface area (Å²) in [7, 11) is -3.72. The van der Waals surface area contributed by atoms with Gasteiger partial charge in [-0.1, -0.05) is 12.1 Å². The van der Waals surface area contributed by atoms with Crippen LogP contribution in [0.25, 0.3) is 0 Å². The average Bonchev–Trinajstić information content (AvgIpc) is 2.67. The highest BCUT2D eigenvalue weighted by atomic mass is 79.9. The van der Waals surface area contributed by atoms with Gasteiger partial charge in [0.25, 0.3) is 5.91 Å². The first-order valence-corrected chi connectivity index (χ1v) is 10.3. The molecule has 0 saturated carbocycles. The molecule has 27 heavy (non-hydrogen) atoms. The van der Waals surface area contributed by atoms with E-state index in [-0.39, 0.29) is 17.0 Å². The van der Waals surface area contributed by atoms with Crippen molar-refractivity contribution in [3.05, 3.63) is 59.1 Å². The van der Waals surface area contributed by atoms with Gasteiger partial charge >= 0.3 is 0 Å². The number of nitrogens with one attached hydrogen (secondary N) is 2. The van der Waals surface area contributed by atoms with Crippen LogP contribution in [0.5, 0.6) is 11.5 Å². The van der Waals surface area contributed by atoms with E-state index < -0.39 is 15.9 Å². The molecule has 2 aromatic rings. The summed E-state index contributed by atoms with van der Waals surface area (Å²) in [6, 6.07) is 9.14. The van der Waals surface area contributed by atoms with Gasteiger partial charge in [0.1, 0.15) is 13.2 Å². The van der Waals surface area contributed by atoms with Crippen LogP contribution < -0.4 is 19.5 Å². The van der Waals surface area contributed by atoms with Crippen LogP contribution in [0, 0.1) is 0 Å². The lowest BCUT2D eigenvalue weighted by Crippen LogP contribution is -2.24. The lowest BCUT2D eigenvalue weighted by molar-refractivity contribution is 0.102. The standard InChI is InChI=1S/C18H17BrN2O5S/c1-2-6-20-27(23,24)13-5-3-4-12(9-13)18(22)21-15-11-17-16(10-14(15)19)25-7-8-26-17/h2-5,9-11,20H,1,6-8H2,(H,21,22). The van der Waals surface area contributed by atoms with Crippen LogP contribution in [0.4, 0.5) is 5.69 Å². The molecule has 0 atom stereocenters. The Morgan fingerprint density at radius 3 is 2.59 bits per heavy atom. The second-order valence-electron chi connectivity index (χ2n) is 5.60. The Morgan fingerprint density at radius 1 is 1.19 bits per heavy atom. The quantitative estimate of drug-likeness (QED) is 0.657. The number of ether oxygens (including phenoxy) is 2. The molecule has 2 N–H and O–H groups in total. The van der Waals surface area contributed by atoms with Crippen molar-refractivity contribution >= 4 is 37.5 Å². The van der Waals surface area contributed by atoms with Crippen LogP contribution in [0.15, 0.2) is 58.4 Å². The summed E-state index contributed by atoms with van der Waals surface area (Å²) < 4.78 is 38.4. The third-order valence-corrected chi connectivity index (χ3v) is 5.78. The summed E-state index contributed by atoms with van der Waals surface area (Å²) >= 11 is 3.39. The Hall–Kier alpha value is -2.36. The smallest absolute Gasteiger partial charge is 0.255 e. The summed E-state index contributed by atoms with van der Waals surface area (Å²) in [5.74, 6) is 0.672. The molecule has 0 spiro atoms. The number of amides is 1. The minimum absolute atomic E-state index is 0.00163. The minimum atomic E-state index is -3.72. The van der Waals surface area contributed by atoms with E-state index in [2.05, 4.69) is 32.5 Å². The molecule has 7 nitrogen and oxygen atoms in total. The maximum Gasteiger partial charge on any atom is 0.255 e. The SMILES string of the molecule is C=CCNS(=O)(=O)c1cccc(C(=O)Nc2cc3c(cc2Br)OCCO3)c1. The summed E-state index contributed by atoms with van der Waals surface area (Å²) in [4.78, 5) is 12.6. The zero-order valence-corrected chi connectivity index (χ0v) is 16.6. The molecular formula is C18H17BrN2O5S. The van der Waals surface area contributed by atoms with Crippen LogP contribution in [-0.2, 0) is 10.0 Å². The third-order valence-electron chi connectivity index (χ3n) is 3.70. The number of halogens is 1. The summed E-state index contributed by atoms with van der Waals surface area (Å²) in [6.45, 7) is 4.47. The molecule has 0 saturated heterocycles. The number of hydrogen-bond donors (Lipinski definition) is 2. The molecule has 0 unspecified atom stereocenters. The number of anilines is 1. The maximum absolute atomic E-state index is 12.6. The van der Waals surface area contributed by atoms with Crippen LogP contribution in [0.1, 0.15) is 10.4 Å². The van der Waals surface area contributed by atoms with Crippen molar-refractivity contribution in [2.75, 3.05) is 25.1 Å².